The van der Waals surface area contributed by atoms with Gasteiger partial charge in [-0.3, -0.25) is 0 Å². The Bertz CT molecular complexity index is 1100. The molecule has 4 aromatic rings. The summed E-state index contributed by atoms with van der Waals surface area (Å²) in [6.07, 6.45) is 0. The van der Waals surface area contributed by atoms with Gasteiger partial charge >= 0.3 is 0 Å². The predicted molar refractivity (Wildman–Crippen MR) is 113 cm³/mol. The number of nitrogens with zero attached hydrogens (tertiary/aromatic N) is 3. The smallest absolute Gasteiger partial charge is 0.248 e. The van der Waals surface area contributed by atoms with Crippen LogP contribution in [-0.2, 0) is 6.61 Å². The third kappa shape index (κ3) is 4.47. The number of nitrogens with two attached hydrogens (primary N) is 1. The van der Waals surface area contributed by atoms with Gasteiger partial charge in [-0.25, -0.2) is 0 Å². The van der Waals surface area contributed by atoms with Crippen LogP contribution in [-0.4, -0.2) is 21.9 Å². The van der Waals surface area contributed by atoms with Crippen molar-refractivity contribution in [3.8, 4) is 17.2 Å². The van der Waals surface area contributed by atoms with Crippen LogP contribution in [0.4, 0.5) is 17.6 Å². The van der Waals surface area contributed by atoms with Gasteiger partial charge in [-0.15, -0.1) is 5.10 Å². The van der Waals surface area contributed by atoms with Gasteiger partial charge in [-0.05, 0) is 29.8 Å². The number of ether oxygens (including phenoxy) is 2. The second kappa shape index (κ2) is 8.35. The summed E-state index contributed by atoms with van der Waals surface area (Å²) in [7, 11) is 1.61. The van der Waals surface area contributed by atoms with E-state index in [4.69, 9.17) is 15.2 Å². The molecule has 29 heavy (non-hydrogen) atoms. The molecule has 7 nitrogen and oxygen atoms in total. The van der Waals surface area contributed by atoms with Crippen LogP contribution < -0.4 is 20.5 Å². The number of hydrogen-bond acceptors (Lipinski definition) is 6. The van der Waals surface area contributed by atoms with E-state index in [1.54, 1.807) is 11.8 Å². The van der Waals surface area contributed by atoms with E-state index in [0.717, 1.165) is 28.4 Å². The Hall–Kier alpha value is -4.00. The van der Waals surface area contributed by atoms with Crippen molar-refractivity contribution in [2.45, 2.75) is 6.61 Å². The first-order chi connectivity index (χ1) is 14.2. The second-order valence-corrected chi connectivity index (χ2v) is 6.33. The molecule has 0 aliphatic rings. The number of nitrogens with one attached hydrogen (secondary N) is 1. The van der Waals surface area contributed by atoms with Crippen molar-refractivity contribution >= 4 is 17.6 Å². The highest BCUT2D eigenvalue weighted by Crippen LogP contribution is 2.23. The topological polar surface area (TPSA) is 87.2 Å². The van der Waals surface area contributed by atoms with E-state index in [-0.39, 0.29) is 5.95 Å². The monoisotopic (exact) mass is 387 g/mol. The molecule has 3 aromatic carbocycles. The van der Waals surface area contributed by atoms with Crippen molar-refractivity contribution in [2.24, 2.45) is 0 Å². The molecule has 1 heterocycles. The highest BCUT2D eigenvalue weighted by Gasteiger charge is 2.10. The molecule has 0 bridgehead atoms. The average Bonchev–Trinajstić information content (AvgIpc) is 3.13. The fourth-order valence-corrected chi connectivity index (χ4v) is 2.84. The zero-order chi connectivity index (χ0) is 20.1. The lowest BCUT2D eigenvalue weighted by Crippen LogP contribution is -2.02. The molecule has 0 aliphatic carbocycles. The van der Waals surface area contributed by atoms with Crippen molar-refractivity contribution in [3.63, 3.8) is 0 Å². The Morgan fingerprint density at radius 3 is 2.55 bits per heavy atom. The van der Waals surface area contributed by atoms with Gasteiger partial charge in [0.25, 0.3) is 0 Å². The van der Waals surface area contributed by atoms with Crippen LogP contribution in [0.15, 0.2) is 78.9 Å². The average molecular weight is 387 g/mol. The van der Waals surface area contributed by atoms with Crippen molar-refractivity contribution in [1.82, 2.24) is 14.8 Å². The van der Waals surface area contributed by atoms with Crippen LogP contribution in [0.3, 0.4) is 0 Å². The summed E-state index contributed by atoms with van der Waals surface area (Å²) in [5.41, 5.74) is 8.72. The van der Waals surface area contributed by atoms with Gasteiger partial charge in [0.2, 0.25) is 11.9 Å². The minimum absolute atomic E-state index is 0.275. The third-order valence-corrected chi connectivity index (χ3v) is 4.27. The maximum Gasteiger partial charge on any atom is 0.248 e. The molecule has 0 fully saturated rings. The summed E-state index contributed by atoms with van der Waals surface area (Å²) >= 11 is 0. The number of rotatable bonds is 7. The van der Waals surface area contributed by atoms with E-state index in [1.807, 2.05) is 78.9 Å². The number of nitrogen functional groups attached to an aromatic ring is 1. The van der Waals surface area contributed by atoms with Gasteiger partial charge in [0.15, 0.2) is 0 Å². The Kier molecular flexibility index (Phi) is 5.29. The minimum atomic E-state index is 0.275. The number of hydrogen-bond donors (Lipinski definition) is 2. The van der Waals surface area contributed by atoms with Crippen molar-refractivity contribution in [2.75, 3.05) is 18.2 Å². The molecule has 7 heteroatoms. The number of benzene rings is 3. The molecule has 1 aromatic heterocycles. The van der Waals surface area contributed by atoms with E-state index >= 15 is 0 Å². The lowest BCUT2D eigenvalue weighted by Gasteiger charge is -2.08. The number of aromatic nitrogens is 3. The molecule has 0 unspecified atom stereocenters. The fourth-order valence-electron chi connectivity index (χ4n) is 2.84. The molecule has 3 N–H and O–H groups in total. The largest absolute Gasteiger partial charge is 0.497 e. The van der Waals surface area contributed by atoms with Gasteiger partial charge in [0.1, 0.15) is 18.1 Å². The fraction of sp³-hybridized carbons (Fsp3) is 0.0909. The lowest BCUT2D eigenvalue weighted by atomic mass is 10.2. The first kappa shape index (κ1) is 18.4. The van der Waals surface area contributed by atoms with E-state index in [0.29, 0.717) is 12.6 Å². The Morgan fingerprint density at radius 2 is 1.72 bits per heavy atom. The van der Waals surface area contributed by atoms with Crippen molar-refractivity contribution in [3.05, 3.63) is 84.4 Å². The van der Waals surface area contributed by atoms with Crippen LogP contribution in [0.2, 0.25) is 0 Å². The maximum atomic E-state index is 6.04. The molecule has 0 amide bonds. The van der Waals surface area contributed by atoms with Gasteiger partial charge < -0.3 is 20.5 Å². The van der Waals surface area contributed by atoms with E-state index in [9.17, 15) is 0 Å². The molecule has 146 valence electrons. The lowest BCUT2D eigenvalue weighted by molar-refractivity contribution is 0.306. The van der Waals surface area contributed by atoms with E-state index in [1.165, 1.54) is 0 Å². The standard InChI is InChI=1S/C22H21N5O2/c1-28-19-11-6-10-18(14-19)27-21(23)25-22(26-27)24-17-9-5-12-20(13-17)29-15-16-7-3-2-4-8-16/h2-14H,15H2,1H3,(H3,23,24,25,26). The second-order valence-electron chi connectivity index (χ2n) is 6.33. The molecule has 4 rings (SSSR count). The molecule has 0 aliphatic heterocycles. The highest BCUT2D eigenvalue weighted by molar-refractivity contribution is 5.57. The van der Waals surface area contributed by atoms with Crippen molar-refractivity contribution < 1.29 is 9.47 Å². The van der Waals surface area contributed by atoms with Crippen LogP contribution >= 0.6 is 0 Å². The Morgan fingerprint density at radius 1 is 0.931 bits per heavy atom. The summed E-state index contributed by atoms with van der Waals surface area (Å²) in [5, 5.41) is 7.61. The summed E-state index contributed by atoms with van der Waals surface area (Å²) in [6.45, 7) is 0.500. The van der Waals surface area contributed by atoms with Gasteiger partial charge in [0, 0.05) is 17.8 Å². The van der Waals surface area contributed by atoms with Gasteiger partial charge in [-0.1, -0.05) is 42.5 Å². The number of anilines is 3. The summed E-state index contributed by atoms with van der Waals surface area (Å²) in [4.78, 5) is 4.30. The van der Waals surface area contributed by atoms with Crippen LogP contribution in [0.1, 0.15) is 5.56 Å². The van der Waals surface area contributed by atoms with Crippen molar-refractivity contribution in [1.29, 1.82) is 0 Å². The normalized spacial score (nSPS) is 10.5. The Labute approximate surface area is 168 Å². The molecule has 0 atom stereocenters. The SMILES string of the molecule is COc1cccc(-n2nc(Nc3cccc(OCc4ccccc4)c3)nc2N)c1. The van der Waals surface area contributed by atoms with Crippen LogP contribution in [0.5, 0.6) is 11.5 Å². The van der Waals surface area contributed by atoms with Crippen LogP contribution in [0.25, 0.3) is 5.69 Å². The van der Waals surface area contributed by atoms with Gasteiger partial charge in [-0.2, -0.15) is 9.67 Å². The summed E-state index contributed by atoms with van der Waals surface area (Å²) in [6, 6.07) is 25.1. The quantitative estimate of drug-likeness (QED) is 0.495. The molecule has 0 saturated heterocycles. The molecular formula is C22H21N5O2. The molecule has 0 spiro atoms. The minimum Gasteiger partial charge on any atom is -0.497 e. The summed E-state index contributed by atoms with van der Waals surface area (Å²) < 4.78 is 12.7. The zero-order valence-corrected chi connectivity index (χ0v) is 15.9. The van der Waals surface area contributed by atoms with Crippen LogP contribution in [0, 0.1) is 0 Å². The van der Waals surface area contributed by atoms with E-state index < -0.39 is 0 Å². The van der Waals surface area contributed by atoms with Gasteiger partial charge in [0.05, 0.1) is 12.8 Å². The first-order valence-electron chi connectivity index (χ1n) is 9.12. The molecule has 0 saturated carbocycles. The number of methoxy groups -OCH3 is 1. The van der Waals surface area contributed by atoms with E-state index in [2.05, 4.69) is 15.4 Å². The Balaban J connectivity index is 1.48. The predicted octanol–water partition coefficient (Wildman–Crippen LogP) is 4.18. The highest BCUT2D eigenvalue weighted by atomic mass is 16.5. The maximum absolute atomic E-state index is 6.04. The summed E-state index contributed by atoms with van der Waals surface area (Å²) in [5.74, 6) is 2.14. The third-order valence-electron chi connectivity index (χ3n) is 4.27. The molecular weight excluding hydrogens is 366 g/mol. The first-order valence-corrected chi connectivity index (χ1v) is 9.12. The zero-order valence-electron chi connectivity index (χ0n) is 15.9. The molecule has 0 radical (unpaired) electrons.